The second-order valence-corrected chi connectivity index (χ2v) is 7.25. The Kier molecular flexibility index (Phi) is 5.54. The van der Waals surface area contributed by atoms with Gasteiger partial charge in [-0.3, -0.25) is 19.3 Å². The number of aromatic nitrogens is 2. The molecular formula is C16H15BrN4O3S. The first-order valence-electron chi connectivity index (χ1n) is 7.73. The van der Waals surface area contributed by atoms with Crippen molar-refractivity contribution in [1.82, 2.24) is 15.1 Å². The molecule has 0 bridgehead atoms. The zero-order valence-corrected chi connectivity index (χ0v) is 15.6. The third kappa shape index (κ3) is 3.93. The molecule has 0 saturated heterocycles. The van der Waals surface area contributed by atoms with Crippen LogP contribution in [-0.4, -0.2) is 44.7 Å². The van der Waals surface area contributed by atoms with Crippen LogP contribution >= 0.6 is 27.3 Å². The zero-order valence-electron chi connectivity index (χ0n) is 13.2. The van der Waals surface area contributed by atoms with Crippen molar-refractivity contribution in [2.75, 3.05) is 17.2 Å². The van der Waals surface area contributed by atoms with Crippen molar-refractivity contribution in [3.63, 3.8) is 0 Å². The number of benzene rings is 1. The molecule has 1 aliphatic heterocycles. The van der Waals surface area contributed by atoms with Gasteiger partial charge in [0.1, 0.15) is 5.01 Å². The molecular weight excluding hydrogens is 408 g/mol. The number of aryl methyl sites for hydroxylation is 1. The van der Waals surface area contributed by atoms with E-state index in [2.05, 4.69) is 31.4 Å². The quantitative estimate of drug-likeness (QED) is 0.546. The smallest absolute Gasteiger partial charge is 0.261 e. The number of rotatable bonds is 7. The highest BCUT2D eigenvalue weighted by Crippen LogP contribution is 2.23. The van der Waals surface area contributed by atoms with Crippen LogP contribution in [0.25, 0.3) is 0 Å². The van der Waals surface area contributed by atoms with Crippen molar-refractivity contribution in [3.8, 4) is 0 Å². The molecule has 0 spiro atoms. The highest BCUT2D eigenvalue weighted by Gasteiger charge is 2.34. The topological polar surface area (TPSA) is 92.3 Å². The third-order valence-electron chi connectivity index (χ3n) is 3.69. The number of carbonyl (C=O) groups excluding carboxylic acids is 3. The number of hydrogen-bond donors (Lipinski definition) is 1. The van der Waals surface area contributed by atoms with Crippen molar-refractivity contribution in [1.29, 1.82) is 0 Å². The number of halogens is 1. The Morgan fingerprint density at radius 3 is 2.48 bits per heavy atom. The van der Waals surface area contributed by atoms with Crippen LogP contribution in [0.4, 0.5) is 5.13 Å². The number of anilines is 1. The van der Waals surface area contributed by atoms with Crippen LogP contribution in [0.5, 0.6) is 0 Å². The minimum atomic E-state index is -0.301. The Morgan fingerprint density at radius 2 is 1.84 bits per heavy atom. The van der Waals surface area contributed by atoms with E-state index in [4.69, 9.17) is 0 Å². The summed E-state index contributed by atoms with van der Waals surface area (Å²) in [5.74, 6) is -0.813. The fourth-order valence-electron chi connectivity index (χ4n) is 2.51. The number of nitrogens with one attached hydrogen (secondary N) is 1. The highest BCUT2D eigenvalue weighted by molar-refractivity contribution is 9.09. The zero-order chi connectivity index (χ0) is 17.8. The maximum Gasteiger partial charge on any atom is 0.261 e. The average Bonchev–Trinajstić information content (AvgIpc) is 3.13. The molecule has 1 aromatic heterocycles. The van der Waals surface area contributed by atoms with Gasteiger partial charge in [0.2, 0.25) is 11.0 Å². The molecule has 0 unspecified atom stereocenters. The van der Waals surface area contributed by atoms with E-state index in [9.17, 15) is 14.4 Å². The van der Waals surface area contributed by atoms with Gasteiger partial charge in [0.05, 0.1) is 11.1 Å². The Labute approximate surface area is 156 Å². The average molecular weight is 423 g/mol. The van der Waals surface area contributed by atoms with Crippen LogP contribution in [0.2, 0.25) is 0 Å². The standard InChI is InChI=1S/C16H15BrN4O3S/c17-8-7-13-19-20-16(25-13)18-12(22)6-3-9-21-14(23)10-4-1-2-5-11(10)15(21)24/h1-2,4-5H,3,6-9H2,(H,18,20,22). The fraction of sp³-hybridized carbons (Fsp3) is 0.312. The molecule has 2 aromatic rings. The Hall–Kier alpha value is -2.13. The van der Waals surface area contributed by atoms with Crippen LogP contribution in [-0.2, 0) is 11.2 Å². The number of imide groups is 1. The molecule has 2 heterocycles. The molecule has 9 heteroatoms. The highest BCUT2D eigenvalue weighted by atomic mass is 79.9. The van der Waals surface area contributed by atoms with E-state index in [-0.39, 0.29) is 30.7 Å². The minimum absolute atomic E-state index is 0.195. The summed E-state index contributed by atoms with van der Waals surface area (Å²) in [7, 11) is 0. The van der Waals surface area contributed by atoms with Crippen molar-refractivity contribution in [2.45, 2.75) is 19.3 Å². The fourth-order valence-corrected chi connectivity index (χ4v) is 3.90. The molecule has 1 aromatic carbocycles. The molecule has 1 N–H and O–H groups in total. The summed E-state index contributed by atoms with van der Waals surface area (Å²) in [5, 5.41) is 12.7. The van der Waals surface area contributed by atoms with Crippen LogP contribution in [0.3, 0.4) is 0 Å². The predicted molar refractivity (Wildman–Crippen MR) is 97.1 cm³/mol. The maximum atomic E-state index is 12.2. The lowest BCUT2D eigenvalue weighted by molar-refractivity contribution is -0.116. The molecule has 3 rings (SSSR count). The Morgan fingerprint density at radius 1 is 1.16 bits per heavy atom. The molecule has 0 aliphatic carbocycles. The van der Waals surface area contributed by atoms with Crippen molar-refractivity contribution in [3.05, 3.63) is 40.4 Å². The normalized spacial score (nSPS) is 13.2. The first kappa shape index (κ1) is 17.7. The minimum Gasteiger partial charge on any atom is -0.301 e. The summed E-state index contributed by atoms with van der Waals surface area (Å²) < 4.78 is 0. The number of carbonyl (C=O) groups is 3. The Bertz CT molecular complexity index is 788. The molecule has 25 heavy (non-hydrogen) atoms. The molecule has 0 fully saturated rings. The van der Waals surface area contributed by atoms with Gasteiger partial charge in [-0.05, 0) is 18.6 Å². The van der Waals surface area contributed by atoms with Gasteiger partial charge in [-0.2, -0.15) is 0 Å². The lowest BCUT2D eigenvalue weighted by Crippen LogP contribution is -2.31. The monoisotopic (exact) mass is 422 g/mol. The number of nitrogens with zero attached hydrogens (tertiary/aromatic N) is 3. The van der Waals surface area contributed by atoms with E-state index >= 15 is 0 Å². The lowest BCUT2D eigenvalue weighted by Gasteiger charge is -2.13. The van der Waals surface area contributed by atoms with E-state index in [1.807, 2.05) is 0 Å². The van der Waals surface area contributed by atoms with Gasteiger partial charge in [0, 0.05) is 24.7 Å². The SMILES string of the molecule is O=C(CCCN1C(=O)c2ccccc2C1=O)Nc1nnc(CCBr)s1. The summed E-state index contributed by atoms with van der Waals surface area (Å²) >= 11 is 4.66. The largest absolute Gasteiger partial charge is 0.301 e. The summed E-state index contributed by atoms with van der Waals surface area (Å²) in [4.78, 5) is 37.6. The first-order valence-corrected chi connectivity index (χ1v) is 9.67. The summed E-state index contributed by atoms with van der Waals surface area (Å²) in [6.45, 7) is 0.213. The third-order valence-corrected chi connectivity index (χ3v) is 4.98. The van der Waals surface area contributed by atoms with Gasteiger partial charge in [-0.1, -0.05) is 39.4 Å². The number of amides is 3. The van der Waals surface area contributed by atoms with E-state index in [1.165, 1.54) is 16.2 Å². The number of fused-ring (bicyclic) bond motifs is 1. The van der Waals surface area contributed by atoms with E-state index in [1.54, 1.807) is 24.3 Å². The van der Waals surface area contributed by atoms with Crippen LogP contribution in [0.15, 0.2) is 24.3 Å². The summed E-state index contributed by atoms with van der Waals surface area (Å²) in [6.07, 6.45) is 1.35. The van der Waals surface area contributed by atoms with Crippen molar-refractivity contribution in [2.24, 2.45) is 0 Å². The maximum absolute atomic E-state index is 12.2. The molecule has 130 valence electrons. The van der Waals surface area contributed by atoms with Crippen molar-refractivity contribution < 1.29 is 14.4 Å². The molecule has 7 nitrogen and oxygen atoms in total. The molecule has 0 radical (unpaired) electrons. The van der Waals surface area contributed by atoms with Gasteiger partial charge in [0.15, 0.2) is 0 Å². The van der Waals surface area contributed by atoms with E-state index in [0.717, 1.165) is 16.8 Å². The van der Waals surface area contributed by atoms with Gasteiger partial charge < -0.3 is 5.32 Å². The number of hydrogen-bond acceptors (Lipinski definition) is 6. The molecule has 3 amide bonds. The molecule has 0 atom stereocenters. The second kappa shape index (κ2) is 7.83. The van der Waals surface area contributed by atoms with Crippen LogP contribution < -0.4 is 5.32 Å². The van der Waals surface area contributed by atoms with Crippen molar-refractivity contribution >= 4 is 50.1 Å². The lowest BCUT2D eigenvalue weighted by atomic mass is 10.1. The second-order valence-electron chi connectivity index (χ2n) is 5.40. The summed E-state index contributed by atoms with van der Waals surface area (Å²) in [5.41, 5.74) is 0.843. The first-order chi connectivity index (χ1) is 12.1. The van der Waals surface area contributed by atoms with E-state index in [0.29, 0.717) is 22.7 Å². The van der Waals surface area contributed by atoms with Gasteiger partial charge in [-0.15, -0.1) is 10.2 Å². The molecule has 0 saturated carbocycles. The van der Waals surface area contributed by atoms with Crippen LogP contribution in [0.1, 0.15) is 38.6 Å². The number of alkyl halides is 1. The van der Waals surface area contributed by atoms with Gasteiger partial charge in [0.25, 0.3) is 11.8 Å². The van der Waals surface area contributed by atoms with Crippen LogP contribution in [0, 0.1) is 0 Å². The van der Waals surface area contributed by atoms with E-state index < -0.39 is 0 Å². The van der Waals surface area contributed by atoms with Gasteiger partial charge in [-0.25, -0.2) is 0 Å². The predicted octanol–water partition coefficient (Wildman–Crippen LogP) is 2.49. The molecule has 1 aliphatic rings. The van der Waals surface area contributed by atoms with Gasteiger partial charge >= 0.3 is 0 Å². The summed E-state index contributed by atoms with van der Waals surface area (Å²) in [6, 6.07) is 6.74. The Balaban J connectivity index is 1.49.